The molecule has 0 aliphatic carbocycles. The van der Waals surface area contributed by atoms with Crippen molar-refractivity contribution < 1.29 is 32.2 Å². The fraction of sp³-hybridized carbons (Fsp3) is 0.696. The molecule has 0 bridgehead atoms. The molecule has 1 aromatic carbocycles. The van der Waals surface area contributed by atoms with Gasteiger partial charge in [0.15, 0.2) is 0 Å². The molecular formula is C23H38F3NO4. The molecule has 1 heterocycles. The van der Waals surface area contributed by atoms with E-state index in [1.807, 2.05) is 48.5 Å². The zero-order valence-corrected chi connectivity index (χ0v) is 19.8. The predicted octanol–water partition coefficient (Wildman–Crippen LogP) is 6.94. The second-order valence-electron chi connectivity index (χ2n) is 7.52. The Balaban J connectivity index is 0.00000212. The lowest BCUT2D eigenvalue weighted by molar-refractivity contribution is -0.274. The third-order valence-corrected chi connectivity index (χ3v) is 3.97. The molecular weight excluding hydrogens is 411 g/mol. The first kappa shape index (κ1) is 29.0. The third-order valence-electron chi connectivity index (χ3n) is 3.97. The van der Waals surface area contributed by atoms with Crippen molar-refractivity contribution in [2.24, 2.45) is 0 Å². The third kappa shape index (κ3) is 13.1. The number of amides is 1. The second-order valence-corrected chi connectivity index (χ2v) is 7.52. The lowest BCUT2D eigenvalue weighted by atomic mass is 10.1. The molecule has 0 radical (unpaired) electrons. The maximum atomic E-state index is 12.2. The highest BCUT2D eigenvalue weighted by atomic mass is 19.4. The van der Waals surface area contributed by atoms with Crippen LogP contribution in [0, 0.1) is 0 Å². The van der Waals surface area contributed by atoms with Gasteiger partial charge < -0.3 is 19.1 Å². The minimum atomic E-state index is -4.70. The summed E-state index contributed by atoms with van der Waals surface area (Å²) in [7, 11) is 0. The number of benzene rings is 1. The number of hydrogen-bond acceptors (Lipinski definition) is 4. The number of likely N-dealkylation sites (tertiary alicyclic amines) is 1. The monoisotopic (exact) mass is 449 g/mol. The second kappa shape index (κ2) is 14.2. The first-order valence-electron chi connectivity index (χ1n) is 11.0. The molecule has 5 nitrogen and oxygen atoms in total. The molecule has 1 aromatic rings. The summed E-state index contributed by atoms with van der Waals surface area (Å²) in [6.45, 7) is 15.0. The fourth-order valence-electron chi connectivity index (χ4n) is 2.74. The number of halogens is 3. The highest BCUT2D eigenvalue weighted by Gasteiger charge is 2.31. The van der Waals surface area contributed by atoms with E-state index in [0.717, 1.165) is 18.4 Å². The standard InChI is InChI=1S/C19H26F3NO4.2C2H6/c1-18(2,3)27-17(24)23-11-4-5-15(10-12-23)25-13-14-6-8-16(9-7-14)26-19(20,21)22;2*1-2/h6-9,15H,4-5,10-13H2,1-3H3;2*1-2H3. The van der Waals surface area contributed by atoms with Gasteiger partial charge in [-0.2, -0.15) is 0 Å². The maximum absolute atomic E-state index is 12.2. The summed E-state index contributed by atoms with van der Waals surface area (Å²) in [4.78, 5) is 13.8. The quantitative estimate of drug-likeness (QED) is 0.499. The van der Waals surface area contributed by atoms with Gasteiger partial charge in [-0.1, -0.05) is 39.8 Å². The lowest BCUT2D eigenvalue weighted by Crippen LogP contribution is -2.37. The molecule has 1 atom stereocenters. The first-order chi connectivity index (χ1) is 14.5. The summed E-state index contributed by atoms with van der Waals surface area (Å²) in [5, 5.41) is 0. The topological polar surface area (TPSA) is 48.0 Å². The fourth-order valence-corrected chi connectivity index (χ4v) is 2.74. The van der Waals surface area contributed by atoms with Crippen LogP contribution in [0.15, 0.2) is 24.3 Å². The van der Waals surface area contributed by atoms with Crippen LogP contribution in [0.25, 0.3) is 0 Å². The lowest BCUT2D eigenvalue weighted by Gasteiger charge is -2.26. The maximum Gasteiger partial charge on any atom is 0.573 e. The summed E-state index contributed by atoms with van der Waals surface area (Å²) in [5.41, 5.74) is 0.235. The van der Waals surface area contributed by atoms with Gasteiger partial charge in [0.25, 0.3) is 0 Å². The zero-order valence-electron chi connectivity index (χ0n) is 19.8. The predicted molar refractivity (Wildman–Crippen MR) is 116 cm³/mol. The van der Waals surface area contributed by atoms with Crippen LogP contribution in [0.2, 0.25) is 0 Å². The Labute approximate surface area is 184 Å². The molecule has 1 fully saturated rings. The van der Waals surface area contributed by atoms with Gasteiger partial charge in [-0.3, -0.25) is 0 Å². The van der Waals surface area contributed by atoms with Gasteiger partial charge in [0.2, 0.25) is 0 Å². The Morgan fingerprint density at radius 1 is 1.00 bits per heavy atom. The zero-order chi connectivity index (χ0) is 24.1. The van der Waals surface area contributed by atoms with Crippen molar-refractivity contribution in [3.63, 3.8) is 0 Å². The largest absolute Gasteiger partial charge is 0.573 e. The molecule has 1 saturated heterocycles. The summed E-state index contributed by atoms with van der Waals surface area (Å²) in [5.74, 6) is -0.256. The summed E-state index contributed by atoms with van der Waals surface area (Å²) >= 11 is 0. The molecule has 1 aliphatic rings. The number of ether oxygens (including phenoxy) is 3. The van der Waals surface area contributed by atoms with Crippen molar-refractivity contribution in [3.05, 3.63) is 29.8 Å². The molecule has 0 spiro atoms. The van der Waals surface area contributed by atoms with E-state index in [2.05, 4.69) is 4.74 Å². The van der Waals surface area contributed by atoms with Crippen LogP contribution in [0.3, 0.4) is 0 Å². The van der Waals surface area contributed by atoms with Gasteiger partial charge in [-0.15, -0.1) is 13.2 Å². The SMILES string of the molecule is CC.CC.CC(C)(C)OC(=O)N1CCCC(OCc2ccc(OC(F)(F)F)cc2)CC1. The molecule has 0 saturated carbocycles. The molecule has 31 heavy (non-hydrogen) atoms. The highest BCUT2D eigenvalue weighted by molar-refractivity contribution is 5.68. The van der Waals surface area contributed by atoms with Gasteiger partial charge in [0.1, 0.15) is 11.4 Å². The first-order valence-corrected chi connectivity index (χ1v) is 11.0. The van der Waals surface area contributed by atoms with Crippen molar-refractivity contribution in [3.8, 4) is 5.75 Å². The van der Waals surface area contributed by atoms with Crippen molar-refractivity contribution >= 4 is 6.09 Å². The smallest absolute Gasteiger partial charge is 0.444 e. The van der Waals surface area contributed by atoms with Gasteiger partial charge >= 0.3 is 12.5 Å². The van der Waals surface area contributed by atoms with Crippen LogP contribution in [0.1, 0.15) is 73.3 Å². The van der Waals surface area contributed by atoms with E-state index in [1.54, 1.807) is 17.0 Å². The van der Waals surface area contributed by atoms with Crippen LogP contribution < -0.4 is 4.74 Å². The number of carbonyl (C=O) groups is 1. The van der Waals surface area contributed by atoms with E-state index in [1.165, 1.54) is 12.1 Å². The summed E-state index contributed by atoms with van der Waals surface area (Å²) < 4.78 is 51.6. The molecule has 1 aliphatic heterocycles. The molecule has 180 valence electrons. The van der Waals surface area contributed by atoms with Crippen molar-refractivity contribution in [2.75, 3.05) is 13.1 Å². The average Bonchev–Trinajstić information content (AvgIpc) is 2.94. The molecule has 0 N–H and O–H groups in total. The van der Waals surface area contributed by atoms with E-state index < -0.39 is 12.0 Å². The van der Waals surface area contributed by atoms with E-state index in [4.69, 9.17) is 9.47 Å². The Morgan fingerprint density at radius 2 is 1.58 bits per heavy atom. The molecule has 1 amide bonds. The summed E-state index contributed by atoms with van der Waals surface area (Å²) in [6, 6.07) is 5.63. The normalized spacial score (nSPS) is 16.7. The summed E-state index contributed by atoms with van der Waals surface area (Å²) in [6.07, 6.45) is -2.71. The number of nitrogens with zero attached hydrogens (tertiary/aromatic N) is 1. The van der Waals surface area contributed by atoms with Gasteiger partial charge in [-0.25, -0.2) is 4.79 Å². The Morgan fingerprint density at radius 3 is 2.10 bits per heavy atom. The van der Waals surface area contributed by atoms with E-state index in [0.29, 0.717) is 26.1 Å². The van der Waals surface area contributed by atoms with E-state index in [9.17, 15) is 18.0 Å². The van der Waals surface area contributed by atoms with Crippen LogP contribution in [0.5, 0.6) is 5.75 Å². The van der Waals surface area contributed by atoms with E-state index in [-0.39, 0.29) is 17.9 Å². The molecule has 2 rings (SSSR count). The minimum Gasteiger partial charge on any atom is -0.444 e. The van der Waals surface area contributed by atoms with Gasteiger partial charge in [0, 0.05) is 13.1 Å². The minimum absolute atomic E-state index is 0.0106. The number of hydrogen-bond donors (Lipinski definition) is 0. The molecule has 0 aromatic heterocycles. The number of alkyl halides is 3. The van der Waals surface area contributed by atoms with Gasteiger partial charge in [0.05, 0.1) is 12.7 Å². The van der Waals surface area contributed by atoms with Crippen molar-refractivity contribution in [2.45, 2.75) is 92.4 Å². The average molecular weight is 450 g/mol. The van der Waals surface area contributed by atoms with Gasteiger partial charge in [-0.05, 0) is 57.7 Å². The van der Waals surface area contributed by atoms with E-state index >= 15 is 0 Å². The molecule has 8 heteroatoms. The number of rotatable bonds is 4. The Kier molecular flexibility index (Phi) is 13.3. The van der Waals surface area contributed by atoms with Crippen molar-refractivity contribution in [1.82, 2.24) is 4.90 Å². The van der Waals surface area contributed by atoms with Crippen LogP contribution in [0.4, 0.5) is 18.0 Å². The van der Waals surface area contributed by atoms with Crippen LogP contribution >= 0.6 is 0 Å². The van der Waals surface area contributed by atoms with Crippen LogP contribution in [-0.4, -0.2) is 42.2 Å². The van der Waals surface area contributed by atoms with Crippen molar-refractivity contribution in [1.29, 1.82) is 0 Å². The van der Waals surface area contributed by atoms with Crippen LogP contribution in [-0.2, 0) is 16.1 Å². The number of carbonyl (C=O) groups excluding carboxylic acids is 1. The Hall–Kier alpha value is -1.96. The Bertz CT molecular complexity index is 613. The highest BCUT2D eigenvalue weighted by Crippen LogP contribution is 2.23. The molecule has 1 unspecified atom stereocenters.